The van der Waals surface area contributed by atoms with Gasteiger partial charge >= 0.3 is 0 Å². The van der Waals surface area contributed by atoms with Crippen molar-refractivity contribution < 1.29 is 18.0 Å². The third-order valence-electron chi connectivity index (χ3n) is 6.67. The second-order valence-electron chi connectivity index (χ2n) is 9.33. The van der Waals surface area contributed by atoms with Gasteiger partial charge in [0.1, 0.15) is 0 Å². The van der Waals surface area contributed by atoms with Crippen LogP contribution in [0.1, 0.15) is 41.6 Å². The number of piperazine rings is 1. The van der Waals surface area contributed by atoms with Gasteiger partial charge in [0.2, 0.25) is 15.9 Å². The van der Waals surface area contributed by atoms with Crippen molar-refractivity contribution in [3.05, 3.63) is 59.7 Å². The number of carbonyl (C=O) groups excluding carboxylic acids is 2. The fourth-order valence-corrected chi connectivity index (χ4v) is 5.97. The molecule has 2 fully saturated rings. The van der Waals surface area contributed by atoms with Crippen LogP contribution in [0.15, 0.2) is 53.4 Å². The van der Waals surface area contributed by atoms with Crippen LogP contribution < -0.4 is 5.32 Å². The Morgan fingerprint density at radius 3 is 2.00 bits per heavy atom. The molecule has 2 aliphatic rings. The van der Waals surface area contributed by atoms with E-state index in [4.69, 9.17) is 0 Å². The molecule has 9 heteroatoms. The average molecular weight is 499 g/mol. The summed E-state index contributed by atoms with van der Waals surface area (Å²) in [6, 6.07) is 13.9. The molecule has 0 aliphatic carbocycles. The number of aryl methyl sites for hydroxylation is 1. The molecule has 2 heterocycles. The quantitative estimate of drug-likeness (QED) is 0.661. The first-order valence-electron chi connectivity index (χ1n) is 12.3. The van der Waals surface area contributed by atoms with E-state index in [0.717, 1.165) is 31.5 Å². The molecule has 8 nitrogen and oxygen atoms in total. The van der Waals surface area contributed by atoms with Gasteiger partial charge < -0.3 is 10.2 Å². The lowest BCUT2D eigenvalue weighted by atomic mass is 10.1. The minimum atomic E-state index is -3.53. The monoisotopic (exact) mass is 498 g/mol. The molecule has 0 radical (unpaired) electrons. The lowest BCUT2D eigenvalue weighted by molar-refractivity contribution is -0.117. The molecule has 188 valence electrons. The zero-order chi connectivity index (χ0) is 24.8. The Balaban J connectivity index is 1.25. The van der Waals surface area contributed by atoms with Gasteiger partial charge in [0.15, 0.2) is 0 Å². The Morgan fingerprint density at radius 2 is 1.40 bits per heavy atom. The molecule has 2 aliphatic heterocycles. The topological polar surface area (TPSA) is 90.0 Å². The first kappa shape index (κ1) is 25.3. The smallest absolute Gasteiger partial charge is 0.253 e. The lowest BCUT2D eigenvalue weighted by Gasteiger charge is -2.33. The van der Waals surface area contributed by atoms with Gasteiger partial charge in [-0.05, 0) is 56.2 Å². The summed E-state index contributed by atoms with van der Waals surface area (Å²) in [5.74, 6) is -0.116. The van der Waals surface area contributed by atoms with Crippen molar-refractivity contribution in [3.8, 4) is 0 Å². The summed E-state index contributed by atoms with van der Waals surface area (Å²) in [5.41, 5.74) is 2.29. The molecule has 0 bridgehead atoms. The molecule has 0 spiro atoms. The van der Waals surface area contributed by atoms with E-state index in [9.17, 15) is 18.0 Å². The number of benzene rings is 2. The Morgan fingerprint density at radius 1 is 0.800 bits per heavy atom. The standard InChI is InChI=1S/C26H34N4O4S/c1-21-6-12-24(13-7-21)35(33,34)30-18-16-28(17-19-30)20-25(31)27-23-10-8-22(9-11-23)26(32)29-14-4-2-3-5-15-29/h6-13H,2-5,14-20H2,1H3,(H,27,31). The Hall–Kier alpha value is -2.75. The normalized spacial score (nSPS) is 18.1. The molecular weight excluding hydrogens is 464 g/mol. The number of hydrogen-bond donors (Lipinski definition) is 1. The lowest BCUT2D eigenvalue weighted by Crippen LogP contribution is -2.50. The summed E-state index contributed by atoms with van der Waals surface area (Å²) < 4.78 is 27.2. The third kappa shape index (κ3) is 6.48. The Labute approximate surface area is 207 Å². The molecule has 0 unspecified atom stereocenters. The maximum Gasteiger partial charge on any atom is 0.253 e. The van der Waals surface area contributed by atoms with Gasteiger partial charge in [-0.2, -0.15) is 4.31 Å². The number of carbonyl (C=O) groups is 2. The van der Waals surface area contributed by atoms with Crippen LogP contribution in [0.25, 0.3) is 0 Å². The summed E-state index contributed by atoms with van der Waals surface area (Å²) in [4.78, 5) is 29.5. The summed E-state index contributed by atoms with van der Waals surface area (Å²) in [6.07, 6.45) is 4.44. The predicted octanol–water partition coefficient (Wildman–Crippen LogP) is 2.96. The number of nitrogens with one attached hydrogen (secondary N) is 1. The van der Waals surface area contributed by atoms with Gasteiger partial charge in [-0.3, -0.25) is 14.5 Å². The van der Waals surface area contributed by atoms with E-state index in [1.165, 1.54) is 17.1 Å². The van der Waals surface area contributed by atoms with Gasteiger partial charge in [-0.15, -0.1) is 0 Å². The van der Waals surface area contributed by atoms with Crippen LogP contribution in [0.4, 0.5) is 5.69 Å². The highest BCUT2D eigenvalue weighted by molar-refractivity contribution is 7.89. The third-order valence-corrected chi connectivity index (χ3v) is 8.58. The maximum absolute atomic E-state index is 12.9. The van der Waals surface area contributed by atoms with E-state index in [-0.39, 0.29) is 18.4 Å². The molecule has 0 saturated carbocycles. The van der Waals surface area contributed by atoms with Gasteiger partial charge in [-0.25, -0.2) is 8.42 Å². The minimum absolute atomic E-state index is 0.0447. The summed E-state index contributed by atoms with van der Waals surface area (Å²) in [7, 11) is -3.53. The van der Waals surface area contributed by atoms with Crippen molar-refractivity contribution in [1.29, 1.82) is 0 Å². The molecule has 2 amide bonds. The molecule has 0 aromatic heterocycles. The van der Waals surface area contributed by atoms with Gasteiger partial charge in [-0.1, -0.05) is 30.5 Å². The molecule has 1 N–H and O–H groups in total. The fraction of sp³-hybridized carbons (Fsp3) is 0.462. The van der Waals surface area contributed by atoms with E-state index < -0.39 is 10.0 Å². The van der Waals surface area contributed by atoms with Crippen LogP contribution in [-0.2, 0) is 14.8 Å². The number of likely N-dealkylation sites (tertiary alicyclic amines) is 1. The van der Waals surface area contributed by atoms with Crippen molar-refractivity contribution in [3.63, 3.8) is 0 Å². The highest BCUT2D eigenvalue weighted by Crippen LogP contribution is 2.19. The summed E-state index contributed by atoms with van der Waals surface area (Å²) >= 11 is 0. The summed E-state index contributed by atoms with van der Waals surface area (Å²) in [5, 5.41) is 2.88. The minimum Gasteiger partial charge on any atom is -0.339 e. The predicted molar refractivity (Wildman–Crippen MR) is 136 cm³/mol. The van der Waals surface area contributed by atoms with Crippen LogP contribution in [0.5, 0.6) is 0 Å². The van der Waals surface area contributed by atoms with Gasteiger partial charge in [0.25, 0.3) is 5.91 Å². The van der Waals surface area contributed by atoms with E-state index in [0.29, 0.717) is 42.3 Å². The highest BCUT2D eigenvalue weighted by atomic mass is 32.2. The Bertz CT molecular complexity index is 1120. The van der Waals surface area contributed by atoms with Crippen LogP contribution in [0.3, 0.4) is 0 Å². The molecule has 2 aromatic carbocycles. The van der Waals surface area contributed by atoms with E-state index in [1.54, 1.807) is 48.5 Å². The maximum atomic E-state index is 12.9. The summed E-state index contributed by atoms with van der Waals surface area (Å²) in [6.45, 7) is 5.38. The molecule has 0 atom stereocenters. The van der Waals surface area contributed by atoms with Crippen LogP contribution in [-0.4, -0.2) is 80.2 Å². The second-order valence-corrected chi connectivity index (χ2v) is 11.3. The van der Waals surface area contributed by atoms with Crippen molar-refractivity contribution >= 4 is 27.5 Å². The first-order chi connectivity index (χ1) is 16.8. The van der Waals surface area contributed by atoms with Gasteiger partial charge in [0.05, 0.1) is 11.4 Å². The zero-order valence-electron chi connectivity index (χ0n) is 20.3. The number of amides is 2. The molecule has 35 heavy (non-hydrogen) atoms. The van der Waals surface area contributed by atoms with E-state index in [1.807, 2.05) is 16.7 Å². The van der Waals surface area contributed by atoms with Crippen LogP contribution >= 0.6 is 0 Å². The number of rotatable bonds is 6. The molecular formula is C26H34N4O4S. The second kappa shape index (κ2) is 11.3. The fourth-order valence-electron chi connectivity index (χ4n) is 4.54. The van der Waals surface area contributed by atoms with Crippen molar-refractivity contribution in [2.75, 3.05) is 51.1 Å². The van der Waals surface area contributed by atoms with Crippen molar-refractivity contribution in [2.45, 2.75) is 37.5 Å². The largest absolute Gasteiger partial charge is 0.339 e. The number of nitrogens with zero attached hydrogens (tertiary/aromatic N) is 3. The van der Waals surface area contributed by atoms with Crippen LogP contribution in [0, 0.1) is 6.92 Å². The van der Waals surface area contributed by atoms with Gasteiger partial charge in [0, 0.05) is 50.5 Å². The Kier molecular flexibility index (Phi) is 8.20. The number of hydrogen-bond acceptors (Lipinski definition) is 5. The molecule has 2 saturated heterocycles. The highest BCUT2D eigenvalue weighted by Gasteiger charge is 2.29. The SMILES string of the molecule is Cc1ccc(S(=O)(=O)N2CCN(CC(=O)Nc3ccc(C(=O)N4CCCCCC4)cc3)CC2)cc1. The number of sulfonamides is 1. The van der Waals surface area contributed by atoms with Crippen molar-refractivity contribution in [2.24, 2.45) is 0 Å². The van der Waals surface area contributed by atoms with Crippen molar-refractivity contribution in [1.82, 2.24) is 14.1 Å². The average Bonchev–Trinajstić information content (AvgIpc) is 3.14. The van der Waals surface area contributed by atoms with E-state index in [2.05, 4.69) is 5.32 Å². The molecule has 4 rings (SSSR count). The van der Waals surface area contributed by atoms with Crippen LogP contribution in [0.2, 0.25) is 0 Å². The number of anilines is 1. The molecule has 2 aromatic rings. The first-order valence-corrected chi connectivity index (χ1v) is 13.8. The zero-order valence-corrected chi connectivity index (χ0v) is 21.1. The van der Waals surface area contributed by atoms with E-state index >= 15 is 0 Å².